The maximum atomic E-state index is 12.3. The minimum Gasteiger partial charge on any atom is -0.467 e. The number of carbonyl (C=O) groups excluding carboxylic acids is 2. The molecule has 7 heteroatoms. The van der Waals surface area contributed by atoms with E-state index in [2.05, 4.69) is 16.0 Å². The van der Waals surface area contributed by atoms with Crippen LogP contribution in [-0.4, -0.2) is 18.0 Å². The summed E-state index contributed by atoms with van der Waals surface area (Å²) in [6, 6.07) is 9.16. The lowest BCUT2D eigenvalue weighted by Gasteiger charge is -2.21. The van der Waals surface area contributed by atoms with Gasteiger partial charge in [-0.05, 0) is 36.2 Å². The third-order valence-electron chi connectivity index (χ3n) is 3.34. The van der Waals surface area contributed by atoms with Crippen LogP contribution < -0.4 is 16.0 Å². The van der Waals surface area contributed by atoms with Gasteiger partial charge in [-0.2, -0.15) is 0 Å². The van der Waals surface area contributed by atoms with Gasteiger partial charge in [0.2, 0.25) is 5.91 Å². The van der Waals surface area contributed by atoms with E-state index in [1.54, 1.807) is 36.4 Å². The third-order valence-corrected chi connectivity index (χ3v) is 3.57. The van der Waals surface area contributed by atoms with Gasteiger partial charge in [-0.25, -0.2) is 4.79 Å². The summed E-state index contributed by atoms with van der Waals surface area (Å²) < 4.78 is 5.17. The van der Waals surface area contributed by atoms with Crippen molar-refractivity contribution in [2.45, 2.75) is 26.4 Å². The Morgan fingerprint density at radius 1 is 1.21 bits per heavy atom. The van der Waals surface area contributed by atoms with E-state index in [-0.39, 0.29) is 18.4 Å². The van der Waals surface area contributed by atoms with Crippen LogP contribution in [0.3, 0.4) is 0 Å². The lowest BCUT2D eigenvalue weighted by molar-refractivity contribution is -0.124. The smallest absolute Gasteiger partial charge is 0.319 e. The minimum absolute atomic E-state index is 0.0771. The number of amides is 3. The molecule has 2 aromatic rings. The van der Waals surface area contributed by atoms with Crippen LogP contribution in [0.15, 0.2) is 47.1 Å². The molecule has 2 rings (SSSR count). The van der Waals surface area contributed by atoms with Crippen molar-refractivity contribution in [1.82, 2.24) is 10.6 Å². The quantitative estimate of drug-likeness (QED) is 0.747. The van der Waals surface area contributed by atoms with Crippen molar-refractivity contribution in [3.05, 3.63) is 53.4 Å². The first-order valence-electron chi connectivity index (χ1n) is 7.59. The molecule has 0 radical (unpaired) electrons. The molecule has 3 N–H and O–H groups in total. The largest absolute Gasteiger partial charge is 0.467 e. The second-order valence-electron chi connectivity index (χ2n) is 5.63. The number of furan rings is 1. The Kier molecular flexibility index (Phi) is 6.26. The van der Waals surface area contributed by atoms with Gasteiger partial charge >= 0.3 is 6.03 Å². The summed E-state index contributed by atoms with van der Waals surface area (Å²) in [4.78, 5) is 24.4. The number of rotatable bonds is 6. The van der Waals surface area contributed by atoms with E-state index in [4.69, 9.17) is 16.0 Å². The molecule has 1 aromatic carbocycles. The molecule has 1 aromatic heterocycles. The molecule has 1 heterocycles. The summed E-state index contributed by atoms with van der Waals surface area (Å²) in [5, 5.41) is 8.60. The molecule has 0 aliphatic rings. The molecular weight excluding hydrogens is 330 g/mol. The predicted molar refractivity (Wildman–Crippen MR) is 92.8 cm³/mol. The van der Waals surface area contributed by atoms with Gasteiger partial charge in [-0.15, -0.1) is 0 Å². The van der Waals surface area contributed by atoms with Gasteiger partial charge in [-0.1, -0.05) is 31.5 Å². The fourth-order valence-electron chi connectivity index (χ4n) is 2.11. The molecule has 24 heavy (non-hydrogen) atoms. The Labute approximate surface area is 145 Å². The van der Waals surface area contributed by atoms with Crippen LogP contribution in [0.1, 0.15) is 19.6 Å². The lowest BCUT2D eigenvalue weighted by atomic mass is 10.0. The number of halogens is 1. The number of urea groups is 1. The van der Waals surface area contributed by atoms with Crippen LogP contribution in [0.5, 0.6) is 0 Å². The van der Waals surface area contributed by atoms with E-state index in [0.29, 0.717) is 16.5 Å². The van der Waals surface area contributed by atoms with Gasteiger partial charge in [0.25, 0.3) is 0 Å². The SMILES string of the molecule is CC(C)[C@@H](NC(=O)Nc1cccc(Cl)c1)C(=O)NCc1ccco1. The zero-order valence-electron chi connectivity index (χ0n) is 13.5. The first-order valence-corrected chi connectivity index (χ1v) is 7.96. The molecule has 128 valence electrons. The summed E-state index contributed by atoms with van der Waals surface area (Å²) in [7, 11) is 0. The number of nitrogens with one attached hydrogen (secondary N) is 3. The van der Waals surface area contributed by atoms with Crippen molar-refractivity contribution in [1.29, 1.82) is 0 Å². The normalized spacial score (nSPS) is 11.8. The maximum absolute atomic E-state index is 12.3. The Morgan fingerprint density at radius 3 is 2.62 bits per heavy atom. The second kappa shape index (κ2) is 8.40. The van der Waals surface area contributed by atoms with E-state index < -0.39 is 12.1 Å². The van der Waals surface area contributed by atoms with Crippen LogP contribution >= 0.6 is 11.6 Å². The molecule has 0 unspecified atom stereocenters. The topological polar surface area (TPSA) is 83.4 Å². The number of anilines is 1. The van der Waals surface area contributed by atoms with Gasteiger partial charge < -0.3 is 20.4 Å². The van der Waals surface area contributed by atoms with Crippen LogP contribution in [0.2, 0.25) is 5.02 Å². The van der Waals surface area contributed by atoms with Gasteiger partial charge in [0.05, 0.1) is 12.8 Å². The first-order chi connectivity index (χ1) is 11.5. The highest BCUT2D eigenvalue weighted by atomic mass is 35.5. The fraction of sp³-hybridized carbons (Fsp3) is 0.294. The molecule has 0 saturated heterocycles. The van der Waals surface area contributed by atoms with Crippen molar-refractivity contribution < 1.29 is 14.0 Å². The van der Waals surface area contributed by atoms with Crippen molar-refractivity contribution in [2.24, 2.45) is 5.92 Å². The molecule has 6 nitrogen and oxygen atoms in total. The summed E-state index contributed by atoms with van der Waals surface area (Å²) in [5.41, 5.74) is 0.554. The highest BCUT2D eigenvalue weighted by Crippen LogP contribution is 2.15. The number of hydrogen-bond donors (Lipinski definition) is 3. The number of hydrogen-bond acceptors (Lipinski definition) is 3. The zero-order chi connectivity index (χ0) is 17.5. The Balaban J connectivity index is 1.91. The molecule has 0 aliphatic carbocycles. The zero-order valence-corrected chi connectivity index (χ0v) is 14.3. The Hall–Kier alpha value is -2.47. The highest BCUT2D eigenvalue weighted by Gasteiger charge is 2.24. The van der Waals surface area contributed by atoms with Crippen molar-refractivity contribution in [2.75, 3.05) is 5.32 Å². The van der Waals surface area contributed by atoms with Gasteiger partial charge in [0, 0.05) is 10.7 Å². The molecule has 0 aliphatic heterocycles. The average Bonchev–Trinajstić information content (AvgIpc) is 3.03. The van der Waals surface area contributed by atoms with Crippen LogP contribution in [0.4, 0.5) is 10.5 Å². The fourth-order valence-corrected chi connectivity index (χ4v) is 2.30. The monoisotopic (exact) mass is 349 g/mol. The summed E-state index contributed by atoms with van der Waals surface area (Å²) in [6.45, 7) is 3.99. The van der Waals surface area contributed by atoms with Crippen molar-refractivity contribution in [3.8, 4) is 0 Å². The van der Waals surface area contributed by atoms with E-state index in [1.165, 1.54) is 6.26 Å². The van der Waals surface area contributed by atoms with Gasteiger partial charge in [0.1, 0.15) is 11.8 Å². The van der Waals surface area contributed by atoms with Crippen LogP contribution in [-0.2, 0) is 11.3 Å². The Morgan fingerprint density at radius 2 is 2.00 bits per heavy atom. The van der Waals surface area contributed by atoms with Crippen molar-refractivity contribution in [3.63, 3.8) is 0 Å². The van der Waals surface area contributed by atoms with Gasteiger partial charge in [-0.3, -0.25) is 4.79 Å². The van der Waals surface area contributed by atoms with Gasteiger partial charge in [0.15, 0.2) is 0 Å². The molecule has 0 spiro atoms. The predicted octanol–water partition coefficient (Wildman–Crippen LogP) is 3.40. The summed E-state index contributed by atoms with van der Waals surface area (Å²) in [6.07, 6.45) is 1.54. The number of benzene rings is 1. The Bertz CT molecular complexity index is 686. The molecule has 1 atom stereocenters. The lowest BCUT2D eigenvalue weighted by Crippen LogP contribution is -2.50. The summed E-state index contributed by atoms with van der Waals surface area (Å²) >= 11 is 5.88. The van der Waals surface area contributed by atoms with E-state index in [0.717, 1.165) is 0 Å². The van der Waals surface area contributed by atoms with E-state index in [1.807, 2.05) is 13.8 Å². The number of carbonyl (C=O) groups is 2. The van der Waals surface area contributed by atoms with Crippen molar-refractivity contribution >= 4 is 29.2 Å². The molecule has 0 saturated carbocycles. The highest BCUT2D eigenvalue weighted by molar-refractivity contribution is 6.30. The second-order valence-corrected chi connectivity index (χ2v) is 6.06. The van der Waals surface area contributed by atoms with E-state index in [9.17, 15) is 9.59 Å². The van der Waals surface area contributed by atoms with E-state index >= 15 is 0 Å². The van der Waals surface area contributed by atoms with Crippen LogP contribution in [0, 0.1) is 5.92 Å². The molecule has 3 amide bonds. The first kappa shape index (κ1) is 17.9. The molecular formula is C17H20ClN3O3. The van der Waals surface area contributed by atoms with Crippen LogP contribution in [0.25, 0.3) is 0 Å². The standard InChI is InChI=1S/C17H20ClN3O3/c1-11(2)15(16(22)19-10-14-7-4-8-24-14)21-17(23)20-13-6-3-5-12(18)9-13/h3-9,11,15H,10H2,1-2H3,(H,19,22)(H2,20,21,23)/t15-/m1/s1. The minimum atomic E-state index is -0.667. The average molecular weight is 350 g/mol. The third kappa shape index (κ3) is 5.31. The maximum Gasteiger partial charge on any atom is 0.319 e. The summed E-state index contributed by atoms with van der Waals surface area (Å²) in [5.74, 6) is 0.295. The molecule has 0 fully saturated rings. The molecule has 0 bridgehead atoms.